The minimum absolute atomic E-state index is 0.159. The van der Waals surface area contributed by atoms with Gasteiger partial charge in [-0.2, -0.15) is 0 Å². The van der Waals surface area contributed by atoms with E-state index < -0.39 is 0 Å². The van der Waals surface area contributed by atoms with Gasteiger partial charge >= 0.3 is 0 Å². The highest BCUT2D eigenvalue weighted by molar-refractivity contribution is 5.57. The van der Waals surface area contributed by atoms with Crippen molar-refractivity contribution in [3.63, 3.8) is 0 Å². The zero-order valence-electron chi connectivity index (χ0n) is 14.8. The maximum atomic E-state index is 5.64. The lowest BCUT2D eigenvalue weighted by Crippen LogP contribution is -2.34. The average Bonchev–Trinajstić information content (AvgIpc) is 2.74. The molecule has 0 amide bonds. The normalized spacial score (nSPS) is 17.1. The second kappa shape index (κ2) is 7.52. The van der Waals surface area contributed by atoms with E-state index in [-0.39, 0.29) is 6.04 Å². The van der Waals surface area contributed by atoms with Crippen molar-refractivity contribution in [2.24, 2.45) is 0 Å². The van der Waals surface area contributed by atoms with E-state index in [0.29, 0.717) is 0 Å². The van der Waals surface area contributed by atoms with Crippen LogP contribution in [0.25, 0.3) is 11.4 Å². The smallest absolute Gasteiger partial charge is 0.142 e. The molecule has 3 aromatic heterocycles. The monoisotopic (exact) mass is 345 g/mol. The van der Waals surface area contributed by atoms with E-state index in [0.717, 1.165) is 47.9 Å². The zero-order chi connectivity index (χ0) is 17.8. The van der Waals surface area contributed by atoms with Crippen molar-refractivity contribution in [1.29, 1.82) is 0 Å². The highest BCUT2D eigenvalue weighted by Gasteiger charge is 2.28. The van der Waals surface area contributed by atoms with Crippen molar-refractivity contribution in [2.45, 2.75) is 25.3 Å². The molecule has 0 aliphatic carbocycles. The summed E-state index contributed by atoms with van der Waals surface area (Å²) in [6.45, 7) is 0.981. The van der Waals surface area contributed by atoms with Crippen LogP contribution in [0.5, 0.6) is 5.75 Å². The van der Waals surface area contributed by atoms with Gasteiger partial charge in [-0.15, -0.1) is 0 Å². The summed E-state index contributed by atoms with van der Waals surface area (Å²) in [4.78, 5) is 15.9. The fraction of sp³-hybridized carbons (Fsp3) is 0.286. The largest absolute Gasteiger partial charge is 0.495 e. The number of pyridine rings is 3. The lowest BCUT2D eigenvalue weighted by atomic mass is 9.97. The summed E-state index contributed by atoms with van der Waals surface area (Å²) >= 11 is 0. The molecule has 1 radical (unpaired) electrons. The van der Waals surface area contributed by atoms with Gasteiger partial charge in [0.25, 0.3) is 0 Å². The quantitative estimate of drug-likeness (QED) is 0.713. The summed E-state index contributed by atoms with van der Waals surface area (Å²) in [6.07, 6.45) is 9.89. The Morgan fingerprint density at radius 3 is 2.85 bits per heavy atom. The molecule has 3 aromatic rings. The van der Waals surface area contributed by atoms with E-state index in [9.17, 15) is 0 Å². The Bertz CT molecular complexity index is 854. The van der Waals surface area contributed by atoms with Crippen molar-refractivity contribution in [3.05, 3.63) is 66.7 Å². The van der Waals surface area contributed by atoms with Gasteiger partial charge in [0.05, 0.1) is 42.6 Å². The first-order valence-electron chi connectivity index (χ1n) is 8.92. The first-order valence-corrected chi connectivity index (χ1v) is 8.92. The molecule has 1 fully saturated rings. The highest BCUT2D eigenvalue weighted by atomic mass is 16.5. The van der Waals surface area contributed by atoms with Crippen molar-refractivity contribution in [2.75, 3.05) is 18.6 Å². The fourth-order valence-electron chi connectivity index (χ4n) is 3.54. The van der Waals surface area contributed by atoms with Crippen LogP contribution < -0.4 is 9.64 Å². The van der Waals surface area contributed by atoms with Crippen LogP contribution in [0.4, 0.5) is 5.69 Å². The van der Waals surface area contributed by atoms with Gasteiger partial charge in [-0.05, 0) is 55.7 Å². The number of anilines is 1. The average molecular weight is 345 g/mol. The Hall–Kier alpha value is -2.95. The van der Waals surface area contributed by atoms with Crippen LogP contribution in [0.1, 0.15) is 31.0 Å². The molecule has 5 heteroatoms. The van der Waals surface area contributed by atoms with E-state index in [2.05, 4.69) is 27.1 Å². The summed E-state index contributed by atoms with van der Waals surface area (Å²) < 4.78 is 5.64. The van der Waals surface area contributed by atoms with Crippen LogP contribution in [0.3, 0.4) is 0 Å². The minimum Gasteiger partial charge on any atom is -0.495 e. The summed E-state index contributed by atoms with van der Waals surface area (Å²) in [7, 11) is 1.70. The van der Waals surface area contributed by atoms with E-state index in [1.54, 1.807) is 13.3 Å². The molecule has 0 aromatic carbocycles. The lowest BCUT2D eigenvalue weighted by molar-refractivity contribution is 0.388. The summed E-state index contributed by atoms with van der Waals surface area (Å²) in [5.41, 5.74) is 3.80. The number of piperidine rings is 1. The Morgan fingerprint density at radius 1 is 1.12 bits per heavy atom. The van der Waals surface area contributed by atoms with Gasteiger partial charge in [0.15, 0.2) is 0 Å². The molecule has 0 saturated carbocycles. The molecule has 4 rings (SSSR count). The van der Waals surface area contributed by atoms with Crippen molar-refractivity contribution in [3.8, 4) is 17.1 Å². The lowest BCUT2D eigenvalue weighted by Gasteiger charge is -2.37. The molecular weight excluding hydrogens is 324 g/mol. The number of hydrogen-bond donors (Lipinski definition) is 0. The van der Waals surface area contributed by atoms with E-state index in [4.69, 9.17) is 9.72 Å². The fourth-order valence-corrected chi connectivity index (χ4v) is 3.54. The second-order valence-electron chi connectivity index (χ2n) is 6.35. The molecule has 0 N–H and O–H groups in total. The number of hydrogen-bond acceptors (Lipinski definition) is 5. The second-order valence-corrected chi connectivity index (χ2v) is 6.35. The molecule has 1 aliphatic rings. The van der Waals surface area contributed by atoms with Gasteiger partial charge in [0.1, 0.15) is 11.4 Å². The topological polar surface area (TPSA) is 51.1 Å². The van der Waals surface area contributed by atoms with Crippen LogP contribution in [0.15, 0.2) is 54.9 Å². The first-order chi connectivity index (χ1) is 12.9. The molecule has 131 valence electrons. The minimum atomic E-state index is 0.159. The zero-order valence-corrected chi connectivity index (χ0v) is 14.8. The van der Waals surface area contributed by atoms with E-state index in [1.807, 2.05) is 42.6 Å². The summed E-state index contributed by atoms with van der Waals surface area (Å²) in [6, 6.07) is 13.9. The van der Waals surface area contributed by atoms with E-state index >= 15 is 0 Å². The van der Waals surface area contributed by atoms with Crippen molar-refractivity contribution >= 4 is 5.69 Å². The third kappa shape index (κ3) is 3.25. The van der Waals surface area contributed by atoms with Crippen molar-refractivity contribution < 1.29 is 4.74 Å². The van der Waals surface area contributed by atoms with Gasteiger partial charge in [-0.1, -0.05) is 6.07 Å². The number of rotatable bonds is 4. The maximum Gasteiger partial charge on any atom is 0.142 e. The molecule has 5 nitrogen and oxygen atoms in total. The van der Waals surface area contributed by atoms with Gasteiger partial charge in [-0.25, -0.2) is 4.98 Å². The Morgan fingerprint density at radius 2 is 2.08 bits per heavy atom. The number of ether oxygens (including phenoxy) is 1. The molecule has 1 atom stereocenters. The SMILES string of the molecule is COc1ccc(-c2ccccn2)nc1C1CCCCN1c1cc[c]nc1. The van der Waals surface area contributed by atoms with Crippen LogP contribution in [-0.2, 0) is 0 Å². The van der Waals surface area contributed by atoms with E-state index in [1.165, 1.54) is 6.42 Å². The van der Waals surface area contributed by atoms with Crippen LogP contribution >= 0.6 is 0 Å². The summed E-state index contributed by atoms with van der Waals surface area (Å²) in [5, 5.41) is 0. The number of aromatic nitrogens is 3. The molecule has 1 unspecified atom stereocenters. The van der Waals surface area contributed by atoms with Crippen LogP contribution in [-0.4, -0.2) is 28.6 Å². The van der Waals surface area contributed by atoms with Gasteiger partial charge in [0.2, 0.25) is 0 Å². The number of methoxy groups -OCH3 is 1. The Kier molecular flexibility index (Phi) is 4.78. The molecule has 1 saturated heterocycles. The summed E-state index contributed by atoms with van der Waals surface area (Å²) in [5.74, 6) is 0.817. The van der Waals surface area contributed by atoms with Gasteiger partial charge in [-0.3, -0.25) is 9.97 Å². The van der Waals surface area contributed by atoms with Crippen LogP contribution in [0, 0.1) is 6.20 Å². The highest BCUT2D eigenvalue weighted by Crippen LogP contribution is 2.38. The standard InChI is InChI=1S/C21H21N4O/c1-26-20-11-10-18(17-8-2-4-13-23-17)24-21(20)19-9-3-5-14-25(19)16-7-6-12-22-15-16/h2,4,6-8,10-11,13,15,19H,3,5,9,14H2,1H3. The van der Waals surface area contributed by atoms with Crippen LogP contribution in [0.2, 0.25) is 0 Å². The van der Waals surface area contributed by atoms with Crippen molar-refractivity contribution in [1.82, 2.24) is 15.0 Å². The van der Waals surface area contributed by atoms with Gasteiger partial charge in [0, 0.05) is 12.7 Å². The predicted octanol–water partition coefficient (Wildman–Crippen LogP) is 4.08. The molecule has 26 heavy (non-hydrogen) atoms. The third-order valence-corrected chi connectivity index (χ3v) is 4.78. The molecular formula is C21H21N4O. The Balaban J connectivity index is 1.76. The molecule has 0 spiro atoms. The Labute approximate surface area is 153 Å². The molecule has 1 aliphatic heterocycles. The number of nitrogens with zero attached hydrogens (tertiary/aromatic N) is 4. The third-order valence-electron chi connectivity index (χ3n) is 4.78. The maximum absolute atomic E-state index is 5.64. The predicted molar refractivity (Wildman–Crippen MR) is 101 cm³/mol. The molecule has 4 heterocycles. The van der Waals surface area contributed by atoms with Gasteiger partial charge < -0.3 is 9.64 Å². The molecule has 0 bridgehead atoms. The first kappa shape index (κ1) is 16.5.